The van der Waals surface area contributed by atoms with Crippen molar-refractivity contribution in [2.75, 3.05) is 26.2 Å². The van der Waals surface area contributed by atoms with E-state index in [0.29, 0.717) is 12.1 Å². The Balaban J connectivity index is 1.64. The molecule has 2 N–H and O–H groups in total. The van der Waals surface area contributed by atoms with Crippen LogP contribution in [0, 0.1) is 12.3 Å². The summed E-state index contributed by atoms with van der Waals surface area (Å²) in [5, 5.41) is 2.92. The van der Waals surface area contributed by atoms with E-state index in [1.165, 1.54) is 24.3 Å². The number of sulfonamides is 1. The molecule has 1 saturated heterocycles. The van der Waals surface area contributed by atoms with Crippen LogP contribution in [0.25, 0.3) is 0 Å². The Bertz CT molecular complexity index is 925. The van der Waals surface area contributed by atoms with Gasteiger partial charge in [-0.1, -0.05) is 5.92 Å². The smallest absolute Gasteiger partial charge is 0.251 e. The highest BCUT2D eigenvalue weighted by atomic mass is 32.2. The Morgan fingerprint density at radius 1 is 1.21 bits per heavy atom. The Morgan fingerprint density at radius 3 is 2.54 bits per heavy atom. The van der Waals surface area contributed by atoms with E-state index >= 15 is 0 Å². The van der Waals surface area contributed by atoms with Crippen LogP contribution in [-0.2, 0) is 10.0 Å². The second kappa shape index (κ2) is 9.06. The van der Waals surface area contributed by atoms with Crippen molar-refractivity contribution in [3.8, 4) is 12.3 Å². The molecule has 148 valence electrons. The summed E-state index contributed by atoms with van der Waals surface area (Å²) in [7, 11) is -3.67. The molecule has 1 fully saturated rings. The van der Waals surface area contributed by atoms with Crippen molar-refractivity contribution in [1.82, 2.24) is 14.9 Å². The molecule has 1 amide bonds. The molecule has 1 aromatic carbocycles. The van der Waals surface area contributed by atoms with Crippen LogP contribution < -0.4 is 10.0 Å². The molecule has 1 aliphatic heterocycles. The minimum absolute atomic E-state index is 0.0194. The topological polar surface area (TPSA) is 91.6 Å². The molecule has 8 heteroatoms. The number of carbonyl (C=O) groups excluding carboxylic acids is 1. The number of nitrogens with zero attached hydrogens (tertiary/aromatic N) is 1. The Morgan fingerprint density at radius 2 is 1.93 bits per heavy atom. The van der Waals surface area contributed by atoms with Gasteiger partial charge in [0.15, 0.2) is 0 Å². The number of nitrogens with one attached hydrogen (secondary N) is 2. The van der Waals surface area contributed by atoms with Crippen LogP contribution in [-0.4, -0.2) is 45.4 Å². The number of rotatable bonds is 8. The van der Waals surface area contributed by atoms with Crippen molar-refractivity contribution in [3.63, 3.8) is 0 Å². The lowest BCUT2D eigenvalue weighted by atomic mass is 10.1. The number of likely N-dealkylation sites (tertiary alicyclic amines) is 1. The lowest BCUT2D eigenvalue weighted by molar-refractivity contribution is 0.0933. The van der Waals surface area contributed by atoms with Crippen molar-refractivity contribution in [1.29, 1.82) is 0 Å². The summed E-state index contributed by atoms with van der Waals surface area (Å²) in [4.78, 5) is 14.9. The molecule has 28 heavy (non-hydrogen) atoms. The van der Waals surface area contributed by atoms with Gasteiger partial charge in [-0.05, 0) is 62.3 Å². The number of furan rings is 1. The van der Waals surface area contributed by atoms with E-state index in [1.807, 2.05) is 12.1 Å². The maximum Gasteiger partial charge on any atom is 0.251 e. The average Bonchev–Trinajstić information content (AvgIpc) is 3.41. The van der Waals surface area contributed by atoms with Gasteiger partial charge in [0.05, 0.1) is 23.7 Å². The third-order valence-corrected chi connectivity index (χ3v) is 6.12. The maximum absolute atomic E-state index is 12.5. The Labute approximate surface area is 165 Å². The molecule has 1 unspecified atom stereocenters. The summed E-state index contributed by atoms with van der Waals surface area (Å²) in [6.07, 6.45) is 8.98. The van der Waals surface area contributed by atoms with Gasteiger partial charge in [0.25, 0.3) is 5.91 Å². The van der Waals surface area contributed by atoms with Crippen molar-refractivity contribution in [3.05, 3.63) is 54.0 Å². The molecular formula is C20H23N3O4S. The molecule has 0 aliphatic carbocycles. The zero-order valence-corrected chi connectivity index (χ0v) is 16.2. The average molecular weight is 401 g/mol. The van der Waals surface area contributed by atoms with E-state index < -0.39 is 10.0 Å². The molecule has 1 atom stereocenters. The van der Waals surface area contributed by atoms with Crippen LogP contribution in [0.5, 0.6) is 0 Å². The first kappa shape index (κ1) is 20.1. The lowest BCUT2D eigenvalue weighted by Gasteiger charge is -2.26. The molecule has 1 aliphatic rings. The fourth-order valence-electron chi connectivity index (χ4n) is 3.24. The predicted octanol–water partition coefficient (Wildman–Crippen LogP) is 1.76. The number of benzene rings is 1. The normalized spacial score (nSPS) is 15.8. The second-order valence-electron chi connectivity index (χ2n) is 6.54. The highest BCUT2D eigenvalue weighted by Crippen LogP contribution is 2.25. The van der Waals surface area contributed by atoms with Crippen molar-refractivity contribution in [2.45, 2.75) is 23.8 Å². The van der Waals surface area contributed by atoms with Gasteiger partial charge in [-0.2, -0.15) is 4.72 Å². The minimum Gasteiger partial charge on any atom is -0.468 e. The van der Waals surface area contributed by atoms with Gasteiger partial charge in [0, 0.05) is 12.1 Å². The van der Waals surface area contributed by atoms with Crippen LogP contribution >= 0.6 is 0 Å². The van der Waals surface area contributed by atoms with Crippen LogP contribution in [0.2, 0.25) is 0 Å². The summed E-state index contributed by atoms with van der Waals surface area (Å²) in [5.74, 6) is 2.77. The number of carbonyl (C=O) groups is 1. The maximum atomic E-state index is 12.5. The summed E-state index contributed by atoms with van der Waals surface area (Å²) < 4.78 is 31.9. The SMILES string of the molecule is C#CCNS(=O)(=O)c1ccc(C(=O)NCC(c2ccco2)N2CCCC2)cc1. The summed E-state index contributed by atoms with van der Waals surface area (Å²) in [6.45, 7) is 2.27. The van der Waals surface area contributed by atoms with Gasteiger partial charge in [0.1, 0.15) is 5.76 Å². The number of terminal acetylenes is 1. The van der Waals surface area contributed by atoms with Crippen LogP contribution in [0.1, 0.15) is 35.0 Å². The molecule has 1 aromatic heterocycles. The highest BCUT2D eigenvalue weighted by Gasteiger charge is 2.26. The largest absolute Gasteiger partial charge is 0.468 e. The number of hydrogen-bond donors (Lipinski definition) is 2. The molecule has 2 heterocycles. The van der Waals surface area contributed by atoms with Crippen LogP contribution in [0.15, 0.2) is 52.0 Å². The zero-order valence-electron chi connectivity index (χ0n) is 15.4. The molecule has 0 saturated carbocycles. The first-order valence-electron chi connectivity index (χ1n) is 9.10. The van der Waals surface area contributed by atoms with Gasteiger partial charge >= 0.3 is 0 Å². The van der Waals surface area contributed by atoms with Gasteiger partial charge in [-0.15, -0.1) is 6.42 Å². The monoisotopic (exact) mass is 401 g/mol. The molecule has 0 radical (unpaired) electrons. The van der Waals surface area contributed by atoms with Crippen LogP contribution in [0.4, 0.5) is 0 Å². The molecule has 0 spiro atoms. The van der Waals surface area contributed by atoms with Gasteiger partial charge in [-0.25, -0.2) is 8.42 Å². The summed E-state index contributed by atoms with van der Waals surface area (Å²) in [6, 6.07) is 9.48. The van der Waals surface area contributed by atoms with Crippen molar-refractivity contribution >= 4 is 15.9 Å². The molecule has 2 aromatic rings. The zero-order chi connectivity index (χ0) is 20.0. The quantitative estimate of drug-likeness (QED) is 0.658. The van der Waals surface area contributed by atoms with E-state index in [1.54, 1.807) is 6.26 Å². The number of amides is 1. The minimum atomic E-state index is -3.67. The second-order valence-corrected chi connectivity index (χ2v) is 8.30. The predicted molar refractivity (Wildman–Crippen MR) is 105 cm³/mol. The van der Waals surface area contributed by atoms with Gasteiger partial charge in [0.2, 0.25) is 10.0 Å². The molecular weight excluding hydrogens is 378 g/mol. The van der Waals surface area contributed by atoms with Crippen LogP contribution in [0.3, 0.4) is 0 Å². The van der Waals surface area contributed by atoms with E-state index in [-0.39, 0.29) is 23.4 Å². The van der Waals surface area contributed by atoms with E-state index in [4.69, 9.17) is 10.8 Å². The summed E-state index contributed by atoms with van der Waals surface area (Å²) >= 11 is 0. The number of hydrogen-bond acceptors (Lipinski definition) is 5. The standard InChI is InChI=1S/C20H23N3O4S/c1-2-11-22-28(25,26)17-9-7-16(8-10-17)20(24)21-15-18(19-6-5-14-27-19)23-12-3-4-13-23/h1,5-10,14,18,22H,3-4,11-13,15H2,(H,21,24). The lowest BCUT2D eigenvalue weighted by Crippen LogP contribution is -2.36. The highest BCUT2D eigenvalue weighted by molar-refractivity contribution is 7.89. The Hall–Kier alpha value is -2.60. The van der Waals surface area contributed by atoms with E-state index in [2.05, 4.69) is 20.9 Å². The van der Waals surface area contributed by atoms with Gasteiger partial charge < -0.3 is 9.73 Å². The Kier molecular flexibility index (Phi) is 6.52. The fraction of sp³-hybridized carbons (Fsp3) is 0.350. The van der Waals surface area contributed by atoms with Crippen molar-refractivity contribution < 1.29 is 17.6 Å². The van der Waals surface area contributed by atoms with Crippen molar-refractivity contribution in [2.24, 2.45) is 0 Å². The fourth-order valence-corrected chi connectivity index (χ4v) is 4.18. The molecule has 0 bridgehead atoms. The third kappa shape index (κ3) is 4.81. The first-order valence-corrected chi connectivity index (χ1v) is 10.6. The summed E-state index contributed by atoms with van der Waals surface area (Å²) in [5.41, 5.74) is 0.385. The van der Waals surface area contributed by atoms with E-state index in [0.717, 1.165) is 31.7 Å². The molecule has 3 rings (SSSR count). The van der Waals surface area contributed by atoms with Gasteiger partial charge in [-0.3, -0.25) is 9.69 Å². The first-order chi connectivity index (χ1) is 13.5. The third-order valence-electron chi connectivity index (χ3n) is 4.70. The van der Waals surface area contributed by atoms with E-state index in [9.17, 15) is 13.2 Å². The molecule has 7 nitrogen and oxygen atoms in total.